The first-order valence-electron chi connectivity index (χ1n) is 8.39. The molecule has 1 atom stereocenters. The molecule has 3 aromatic rings. The molecule has 1 N–H and O–H groups in total. The van der Waals surface area contributed by atoms with Crippen LogP contribution in [0.2, 0.25) is 5.02 Å². The summed E-state index contributed by atoms with van der Waals surface area (Å²) < 4.78 is 5.49. The summed E-state index contributed by atoms with van der Waals surface area (Å²) in [6.45, 7) is 1.75. The highest BCUT2D eigenvalue weighted by molar-refractivity contribution is 6.30. The molecule has 0 saturated carbocycles. The highest BCUT2D eigenvalue weighted by atomic mass is 35.5. The molecule has 4 nitrogen and oxygen atoms in total. The molecular weight excluding hydrogens is 338 g/mol. The first kappa shape index (κ1) is 16.2. The van der Waals surface area contributed by atoms with E-state index in [4.69, 9.17) is 16.0 Å². The maximum Gasteiger partial charge on any atom is 0.345 e. The van der Waals surface area contributed by atoms with Gasteiger partial charge in [-0.2, -0.15) is 0 Å². The Hall–Kier alpha value is -2.30. The van der Waals surface area contributed by atoms with E-state index in [2.05, 4.69) is 4.90 Å². The fourth-order valence-corrected chi connectivity index (χ4v) is 3.72. The maximum atomic E-state index is 12.7. The van der Waals surface area contributed by atoms with Gasteiger partial charge < -0.3 is 9.52 Å². The van der Waals surface area contributed by atoms with Crippen molar-refractivity contribution in [1.29, 1.82) is 0 Å². The molecule has 2 aromatic carbocycles. The Balaban J connectivity index is 1.94. The van der Waals surface area contributed by atoms with E-state index >= 15 is 0 Å². The second-order valence-electron chi connectivity index (χ2n) is 6.35. The van der Waals surface area contributed by atoms with Crippen LogP contribution >= 0.6 is 11.6 Å². The third-order valence-corrected chi connectivity index (χ3v) is 5.04. The zero-order valence-electron chi connectivity index (χ0n) is 13.6. The molecule has 2 heterocycles. The summed E-state index contributed by atoms with van der Waals surface area (Å²) in [5.41, 5.74) is 1.11. The van der Waals surface area contributed by atoms with E-state index in [0.29, 0.717) is 21.6 Å². The molecule has 0 spiro atoms. The molecule has 0 aliphatic carbocycles. The molecule has 1 saturated heterocycles. The first-order chi connectivity index (χ1) is 12.1. The second kappa shape index (κ2) is 6.54. The first-order valence-corrected chi connectivity index (χ1v) is 8.77. The van der Waals surface area contributed by atoms with Crippen molar-refractivity contribution >= 4 is 22.6 Å². The molecule has 1 aromatic heterocycles. The Kier molecular flexibility index (Phi) is 4.24. The third kappa shape index (κ3) is 2.92. The quantitative estimate of drug-likeness (QED) is 0.710. The maximum absolute atomic E-state index is 12.7. The fourth-order valence-electron chi connectivity index (χ4n) is 3.59. The van der Waals surface area contributed by atoms with Crippen molar-refractivity contribution in [2.75, 3.05) is 13.1 Å². The molecule has 1 aliphatic rings. The van der Waals surface area contributed by atoms with Gasteiger partial charge in [-0.15, -0.1) is 0 Å². The average Bonchev–Trinajstić information content (AvgIpc) is 3.14. The lowest BCUT2D eigenvalue weighted by Gasteiger charge is -2.28. The molecule has 25 heavy (non-hydrogen) atoms. The van der Waals surface area contributed by atoms with Crippen molar-refractivity contribution in [2.24, 2.45) is 0 Å². The highest BCUT2D eigenvalue weighted by Crippen LogP contribution is 2.37. The van der Waals surface area contributed by atoms with Gasteiger partial charge in [0.2, 0.25) is 0 Å². The number of nitrogens with zero attached hydrogens (tertiary/aromatic N) is 1. The van der Waals surface area contributed by atoms with Crippen LogP contribution < -0.4 is 5.63 Å². The summed E-state index contributed by atoms with van der Waals surface area (Å²) >= 11 is 6.02. The van der Waals surface area contributed by atoms with Crippen LogP contribution in [0, 0.1) is 0 Å². The summed E-state index contributed by atoms with van der Waals surface area (Å²) in [5, 5.41) is 12.1. The van der Waals surface area contributed by atoms with E-state index in [0.717, 1.165) is 31.5 Å². The van der Waals surface area contributed by atoms with Crippen molar-refractivity contribution in [1.82, 2.24) is 4.90 Å². The van der Waals surface area contributed by atoms with E-state index in [1.54, 1.807) is 30.3 Å². The second-order valence-corrected chi connectivity index (χ2v) is 6.78. The van der Waals surface area contributed by atoms with Crippen molar-refractivity contribution < 1.29 is 9.52 Å². The SMILES string of the molecule is O=c1oc2ccccc2c(O)c1C(c1ccc(Cl)cc1)N1CCCC1. The number of aromatic hydroxyl groups is 1. The molecule has 0 amide bonds. The summed E-state index contributed by atoms with van der Waals surface area (Å²) in [7, 11) is 0. The molecule has 1 aliphatic heterocycles. The van der Waals surface area contributed by atoms with Gasteiger partial charge in [0, 0.05) is 5.02 Å². The van der Waals surface area contributed by atoms with Gasteiger partial charge in [0.25, 0.3) is 0 Å². The number of para-hydroxylation sites is 1. The van der Waals surface area contributed by atoms with Crippen molar-refractivity contribution in [2.45, 2.75) is 18.9 Å². The van der Waals surface area contributed by atoms with Crippen LogP contribution in [-0.2, 0) is 0 Å². The number of hydrogen-bond donors (Lipinski definition) is 1. The van der Waals surface area contributed by atoms with Gasteiger partial charge >= 0.3 is 5.63 Å². The smallest absolute Gasteiger partial charge is 0.345 e. The highest BCUT2D eigenvalue weighted by Gasteiger charge is 2.31. The molecular formula is C20H18ClNO3. The largest absolute Gasteiger partial charge is 0.507 e. The van der Waals surface area contributed by atoms with Crippen molar-refractivity contribution in [3.63, 3.8) is 0 Å². The minimum absolute atomic E-state index is 0.00120. The van der Waals surface area contributed by atoms with E-state index in [9.17, 15) is 9.90 Å². The molecule has 128 valence electrons. The van der Waals surface area contributed by atoms with Crippen LogP contribution in [0.4, 0.5) is 0 Å². The standard InChI is InChI=1S/C20H18ClNO3/c21-14-9-7-13(8-10-14)18(22-11-3-4-12-22)17-19(23)15-5-1-2-6-16(15)25-20(17)24/h1-2,5-10,18,23H,3-4,11-12H2. The van der Waals surface area contributed by atoms with E-state index in [1.165, 1.54) is 0 Å². The minimum atomic E-state index is -0.497. The number of likely N-dealkylation sites (tertiary alicyclic amines) is 1. The van der Waals surface area contributed by atoms with Gasteiger partial charge in [0.1, 0.15) is 16.9 Å². The number of fused-ring (bicyclic) bond motifs is 1. The molecule has 1 fully saturated rings. The summed E-state index contributed by atoms with van der Waals surface area (Å²) in [5.74, 6) is -0.00120. The van der Waals surface area contributed by atoms with Gasteiger partial charge in [-0.25, -0.2) is 4.79 Å². The number of halogens is 1. The van der Waals surface area contributed by atoms with Crippen LogP contribution in [0.25, 0.3) is 11.0 Å². The Morgan fingerprint density at radius 3 is 2.44 bits per heavy atom. The summed E-state index contributed by atoms with van der Waals surface area (Å²) in [6, 6.07) is 14.1. The van der Waals surface area contributed by atoms with Gasteiger partial charge in [-0.3, -0.25) is 4.90 Å². The fraction of sp³-hybridized carbons (Fsp3) is 0.250. The Morgan fingerprint density at radius 2 is 1.72 bits per heavy atom. The van der Waals surface area contributed by atoms with Gasteiger partial charge in [0.15, 0.2) is 0 Å². The predicted octanol–water partition coefficient (Wildman–Crippen LogP) is 4.34. The van der Waals surface area contributed by atoms with Crippen LogP contribution in [0.5, 0.6) is 5.75 Å². The van der Waals surface area contributed by atoms with Crippen LogP contribution in [0.15, 0.2) is 57.7 Å². The van der Waals surface area contributed by atoms with Gasteiger partial charge in [0.05, 0.1) is 11.4 Å². The van der Waals surface area contributed by atoms with E-state index in [1.807, 2.05) is 18.2 Å². The summed E-state index contributed by atoms with van der Waals surface area (Å²) in [6.07, 6.45) is 2.15. The molecule has 1 unspecified atom stereocenters. The number of hydrogen-bond acceptors (Lipinski definition) is 4. The zero-order valence-corrected chi connectivity index (χ0v) is 14.4. The van der Waals surface area contributed by atoms with E-state index in [-0.39, 0.29) is 11.8 Å². The van der Waals surface area contributed by atoms with Crippen molar-refractivity contribution in [3.8, 4) is 5.75 Å². The van der Waals surface area contributed by atoms with Gasteiger partial charge in [-0.1, -0.05) is 35.9 Å². The number of benzene rings is 2. The molecule has 0 bridgehead atoms. The van der Waals surface area contributed by atoms with Crippen LogP contribution in [-0.4, -0.2) is 23.1 Å². The normalized spacial score (nSPS) is 16.4. The predicted molar refractivity (Wildman–Crippen MR) is 98.3 cm³/mol. The Labute approximate surface area is 150 Å². The lowest BCUT2D eigenvalue weighted by Crippen LogP contribution is -2.30. The van der Waals surface area contributed by atoms with Crippen molar-refractivity contribution in [3.05, 3.63) is 75.1 Å². The van der Waals surface area contributed by atoms with Crippen LogP contribution in [0.3, 0.4) is 0 Å². The molecule has 4 rings (SSSR count). The van der Waals surface area contributed by atoms with Crippen LogP contribution in [0.1, 0.15) is 30.0 Å². The Morgan fingerprint density at radius 1 is 1.04 bits per heavy atom. The lowest BCUT2D eigenvalue weighted by molar-refractivity contribution is 0.269. The molecule has 5 heteroatoms. The third-order valence-electron chi connectivity index (χ3n) is 4.78. The monoisotopic (exact) mass is 355 g/mol. The lowest BCUT2D eigenvalue weighted by atomic mass is 9.96. The van der Waals surface area contributed by atoms with E-state index < -0.39 is 5.63 Å². The minimum Gasteiger partial charge on any atom is -0.507 e. The average molecular weight is 356 g/mol. The molecule has 0 radical (unpaired) electrons. The summed E-state index contributed by atoms with van der Waals surface area (Å²) in [4.78, 5) is 14.9. The topological polar surface area (TPSA) is 53.7 Å². The number of rotatable bonds is 3. The Bertz CT molecular complexity index is 959. The van der Waals surface area contributed by atoms with Gasteiger partial charge in [-0.05, 0) is 55.8 Å². The zero-order chi connectivity index (χ0) is 17.4.